The highest BCUT2D eigenvalue weighted by atomic mass is 16.1. The van der Waals surface area contributed by atoms with Gasteiger partial charge in [0.25, 0.3) is 5.91 Å². The third kappa shape index (κ3) is 4.24. The SMILES string of the molecule is NNc1ccc(C(=O)NC2CCCCCCC2)cc1. The standard InChI is InChI=1S/C15H23N3O/c16-18-14-10-8-12(9-11-14)15(19)17-13-6-4-2-1-3-5-7-13/h8-11,13,18H,1-7,16H2,(H,17,19). The van der Waals surface area contributed by atoms with Gasteiger partial charge in [-0.2, -0.15) is 0 Å². The first-order valence-electron chi connectivity index (χ1n) is 7.17. The Labute approximate surface area is 114 Å². The van der Waals surface area contributed by atoms with Crippen LogP contribution in [0.25, 0.3) is 0 Å². The molecule has 0 saturated heterocycles. The highest BCUT2D eigenvalue weighted by molar-refractivity contribution is 5.94. The first-order valence-corrected chi connectivity index (χ1v) is 7.17. The van der Waals surface area contributed by atoms with E-state index in [1.165, 1.54) is 32.1 Å². The average Bonchev–Trinajstić information content (AvgIpc) is 2.41. The predicted molar refractivity (Wildman–Crippen MR) is 77.8 cm³/mol. The van der Waals surface area contributed by atoms with Crippen LogP contribution in [0.3, 0.4) is 0 Å². The highest BCUT2D eigenvalue weighted by Gasteiger charge is 2.14. The van der Waals surface area contributed by atoms with Gasteiger partial charge in [0.15, 0.2) is 0 Å². The van der Waals surface area contributed by atoms with E-state index < -0.39 is 0 Å². The summed E-state index contributed by atoms with van der Waals surface area (Å²) in [5, 5.41) is 3.15. The summed E-state index contributed by atoms with van der Waals surface area (Å²) in [5.74, 6) is 5.33. The van der Waals surface area contributed by atoms with Crippen LogP contribution >= 0.6 is 0 Å². The second-order valence-corrected chi connectivity index (χ2v) is 5.24. The van der Waals surface area contributed by atoms with Gasteiger partial charge < -0.3 is 10.7 Å². The van der Waals surface area contributed by atoms with E-state index in [0.717, 1.165) is 18.5 Å². The summed E-state index contributed by atoms with van der Waals surface area (Å²) in [6, 6.07) is 7.56. The lowest BCUT2D eigenvalue weighted by Gasteiger charge is -2.21. The first-order chi connectivity index (χ1) is 9.29. The van der Waals surface area contributed by atoms with Gasteiger partial charge in [0.2, 0.25) is 0 Å². The monoisotopic (exact) mass is 261 g/mol. The second-order valence-electron chi connectivity index (χ2n) is 5.24. The lowest BCUT2D eigenvalue weighted by atomic mass is 9.96. The van der Waals surface area contributed by atoms with Gasteiger partial charge >= 0.3 is 0 Å². The van der Waals surface area contributed by atoms with E-state index in [1.54, 1.807) is 12.1 Å². The quantitative estimate of drug-likeness (QED) is 0.579. The Morgan fingerprint density at radius 1 is 1.00 bits per heavy atom. The molecule has 0 aromatic heterocycles. The zero-order valence-corrected chi connectivity index (χ0v) is 11.3. The largest absolute Gasteiger partial charge is 0.349 e. The van der Waals surface area contributed by atoms with Crippen LogP contribution in [0.15, 0.2) is 24.3 Å². The molecule has 1 amide bonds. The lowest BCUT2D eigenvalue weighted by Crippen LogP contribution is -2.35. The second kappa shape index (κ2) is 7.14. The summed E-state index contributed by atoms with van der Waals surface area (Å²) in [7, 11) is 0. The molecule has 0 atom stereocenters. The molecule has 1 aliphatic carbocycles. The van der Waals surface area contributed by atoms with Gasteiger partial charge in [0.1, 0.15) is 0 Å². The predicted octanol–water partition coefficient (Wildman–Crippen LogP) is 2.81. The molecule has 1 fully saturated rings. The number of carbonyl (C=O) groups is 1. The fourth-order valence-electron chi connectivity index (χ4n) is 2.59. The number of hydrazine groups is 1. The molecule has 0 bridgehead atoms. The molecular formula is C15H23N3O. The summed E-state index contributed by atoms with van der Waals surface area (Å²) >= 11 is 0. The number of nitrogen functional groups attached to an aromatic ring is 1. The third-order valence-corrected chi connectivity index (χ3v) is 3.75. The van der Waals surface area contributed by atoms with E-state index in [-0.39, 0.29) is 5.91 Å². The maximum Gasteiger partial charge on any atom is 0.251 e. The summed E-state index contributed by atoms with van der Waals surface area (Å²) in [4.78, 5) is 12.1. The number of hydrogen-bond donors (Lipinski definition) is 3. The smallest absolute Gasteiger partial charge is 0.251 e. The molecule has 0 spiro atoms. The highest BCUT2D eigenvalue weighted by Crippen LogP contribution is 2.17. The summed E-state index contributed by atoms with van der Waals surface area (Å²) in [6.45, 7) is 0. The Balaban J connectivity index is 1.91. The molecule has 1 saturated carbocycles. The summed E-state index contributed by atoms with van der Waals surface area (Å²) in [6.07, 6.45) is 8.59. The van der Waals surface area contributed by atoms with Crippen molar-refractivity contribution in [3.63, 3.8) is 0 Å². The molecule has 4 nitrogen and oxygen atoms in total. The molecule has 0 unspecified atom stereocenters. The molecule has 1 aromatic carbocycles. The molecule has 0 radical (unpaired) electrons. The van der Waals surface area contributed by atoms with Crippen LogP contribution in [0.2, 0.25) is 0 Å². The van der Waals surface area contributed by atoms with Crippen molar-refractivity contribution in [1.82, 2.24) is 5.32 Å². The van der Waals surface area contributed by atoms with Crippen molar-refractivity contribution in [2.24, 2.45) is 5.84 Å². The van der Waals surface area contributed by atoms with Crippen molar-refractivity contribution in [2.75, 3.05) is 5.43 Å². The lowest BCUT2D eigenvalue weighted by molar-refractivity contribution is 0.0930. The number of benzene rings is 1. The minimum absolute atomic E-state index is 0.0224. The van der Waals surface area contributed by atoms with Gasteiger partial charge in [-0.05, 0) is 37.1 Å². The van der Waals surface area contributed by atoms with Crippen molar-refractivity contribution in [3.05, 3.63) is 29.8 Å². The van der Waals surface area contributed by atoms with E-state index in [1.807, 2.05) is 12.1 Å². The van der Waals surface area contributed by atoms with Gasteiger partial charge in [-0.15, -0.1) is 0 Å². The Morgan fingerprint density at radius 3 is 2.16 bits per heavy atom. The van der Waals surface area contributed by atoms with Gasteiger partial charge in [-0.25, -0.2) is 0 Å². The Kier molecular flexibility index (Phi) is 5.21. The van der Waals surface area contributed by atoms with Gasteiger partial charge in [-0.3, -0.25) is 10.6 Å². The maximum atomic E-state index is 12.1. The third-order valence-electron chi connectivity index (χ3n) is 3.75. The summed E-state index contributed by atoms with van der Waals surface area (Å²) in [5.41, 5.74) is 4.06. The van der Waals surface area contributed by atoms with Crippen LogP contribution in [0.1, 0.15) is 55.3 Å². The van der Waals surface area contributed by atoms with E-state index in [9.17, 15) is 4.79 Å². The van der Waals surface area contributed by atoms with Crippen molar-refractivity contribution in [2.45, 2.75) is 51.0 Å². The van der Waals surface area contributed by atoms with E-state index in [2.05, 4.69) is 10.7 Å². The molecular weight excluding hydrogens is 238 g/mol. The molecule has 104 valence electrons. The van der Waals surface area contributed by atoms with Crippen molar-refractivity contribution in [1.29, 1.82) is 0 Å². The van der Waals surface area contributed by atoms with E-state index in [0.29, 0.717) is 11.6 Å². The maximum absolute atomic E-state index is 12.1. The molecule has 1 aromatic rings. The van der Waals surface area contributed by atoms with Crippen LogP contribution < -0.4 is 16.6 Å². The van der Waals surface area contributed by atoms with Gasteiger partial charge in [0, 0.05) is 17.3 Å². The topological polar surface area (TPSA) is 67.1 Å². The van der Waals surface area contributed by atoms with Crippen molar-refractivity contribution < 1.29 is 4.79 Å². The van der Waals surface area contributed by atoms with Crippen molar-refractivity contribution >= 4 is 11.6 Å². The molecule has 4 heteroatoms. The normalized spacial score (nSPS) is 17.3. The number of hydrogen-bond acceptors (Lipinski definition) is 3. The van der Waals surface area contributed by atoms with E-state index in [4.69, 9.17) is 5.84 Å². The number of anilines is 1. The number of nitrogens with two attached hydrogens (primary N) is 1. The average molecular weight is 261 g/mol. The van der Waals surface area contributed by atoms with Crippen molar-refractivity contribution in [3.8, 4) is 0 Å². The molecule has 19 heavy (non-hydrogen) atoms. The van der Waals surface area contributed by atoms with Crippen LogP contribution in [0, 0.1) is 0 Å². The van der Waals surface area contributed by atoms with E-state index >= 15 is 0 Å². The number of amides is 1. The zero-order valence-electron chi connectivity index (χ0n) is 11.3. The van der Waals surface area contributed by atoms with Crippen LogP contribution in [-0.2, 0) is 0 Å². The van der Waals surface area contributed by atoms with Gasteiger partial charge in [0.05, 0.1) is 0 Å². The van der Waals surface area contributed by atoms with Crippen LogP contribution in [-0.4, -0.2) is 11.9 Å². The summed E-state index contributed by atoms with van der Waals surface area (Å²) < 4.78 is 0. The van der Waals surface area contributed by atoms with Crippen LogP contribution in [0.5, 0.6) is 0 Å². The first kappa shape index (κ1) is 13.9. The zero-order chi connectivity index (χ0) is 13.5. The minimum Gasteiger partial charge on any atom is -0.349 e. The Hall–Kier alpha value is -1.55. The molecule has 0 heterocycles. The number of nitrogens with one attached hydrogen (secondary N) is 2. The fraction of sp³-hybridized carbons (Fsp3) is 0.533. The number of rotatable bonds is 3. The molecule has 1 aliphatic rings. The fourth-order valence-corrected chi connectivity index (χ4v) is 2.59. The van der Waals surface area contributed by atoms with Gasteiger partial charge in [-0.1, -0.05) is 32.1 Å². The molecule has 4 N–H and O–H groups in total. The Morgan fingerprint density at radius 2 is 1.58 bits per heavy atom. The minimum atomic E-state index is 0.0224. The number of carbonyl (C=O) groups excluding carboxylic acids is 1. The molecule has 2 rings (SSSR count). The van der Waals surface area contributed by atoms with Crippen LogP contribution in [0.4, 0.5) is 5.69 Å². The molecule has 0 aliphatic heterocycles. The Bertz CT molecular complexity index is 394.